The average Bonchev–Trinajstić information content (AvgIpc) is 2.83. The van der Waals surface area contributed by atoms with Crippen LogP contribution in [-0.4, -0.2) is 17.9 Å². The van der Waals surface area contributed by atoms with Crippen molar-refractivity contribution in [2.45, 2.75) is 31.7 Å². The molecular formula is C15H19NO. The number of fused-ring (bicyclic) bond motifs is 1. The monoisotopic (exact) mass is 229 g/mol. The zero-order valence-electron chi connectivity index (χ0n) is 10.3. The van der Waals surface area contributed by atoms with Crippen LogP contribution in [0.15, 0.2) is 30.3 Å². The van der Waals surface area contributed by atoms with Gasteiger partial charge in [-0.25, -0.2) is 0 Å². The summed E-state index contributed by atoms with van der Waals surface area (Å²) in [6.45, 7) is 0. The quantitative estimate of drug-likeness (QED) is 0.725. The van der Waals surface area contributed by atoms with Gasteiger partial charge in [0.25, 0.3) is 0 Å². The number of benzene rings is 1. The molecule has 2 fully saturated rings. The molecule has 2 heteroatoms. The van der Waals surface area contributed by atoms with E-state index in [9.17, 15) is 4.79 Å². The second kappa shape index (κ2) is 4.17. The predicted octanol–water partition coefficient (Wildman–Crippen LogP) is 3.01. The highest BCUT2D eigenvalue weighted by Gasteiger charge is 2.42. The molecule has 2 nitrogen and oxygen atoms in total. The van der Waals surface area contributed by atoms with Gasteiger partial charge < -0.3 is 4.90 Å². The van der Waals surface area contributed by atoms with Crippen LogP contribution in [0.4, 0.5) is 0 Å². The summed E-state index contributed by atoms with van der Waals surface area (Å²) in [6.07, 6.45) is 4.73. The van der Waals surface area contributed by atoms with Gasteiger partial charge >= 0.3 is 0 Å². The van der Waals surface area contributed by atoms with Gasteiger partial charge in [0.1, 0.15) is 0 Å². The molecule has 0 N–H and O–H groups in total. The fraction of sp³-hybridized carbons (Fsp3) is 0.533. The Bertz CT molecular complexity index is 414. The molecule has 0 radical (unpaired) electrons. The van der Waals surface area contributed by atoms with Crippen molar-refractivity contribution in [2.75, 3.05) is 7.05 Å². The molecule has 1 saturated heterocycles. The first-order chi connectivity index (χ1) is 8.27. The normalized spacial score (nSPS) is 32.6. The minimum atomic E-state index is 0.294. The molecule has 90 valence electrons. The van der Waals surface area contributed by atoms with E-state index in [0.717, 1.165) is 12.8 Å². The second-order valence-electron chi connectivity index (χ2n) is 5.41. The molecule has 17 heavy (non-hydrogen) atoms. The number of amides is 1. The summed E-state index contributed by atoms with van der Waals surface area (Å²) in [7, 11) is 1.97. The van der Waals surface area contributed by atoms with Gasteiger partial charge in [-0.3, -0.25) is 4.79 Å². The number of rotatable bonds is 1. The summed E-state index contributed by atoms with van der Waals surface area (Å²) in [5.41, 5.74) is 1.29. The second-order valence-corrected chi connectivity index (χ2v) is 5.41. The lowest BCUT2D eigenvalue weighted by atomic mass is 9.81. The molecule has 0 aromatic heterocycles. The third-order valence-electron chi connectivity index (χ3n) is 4.50. The van der Waals surface area contributed by atoms with E-state index in [1.165, 1.54) is 18.4 Å². The molecule has 2 aliphatic rings. The maximum Gasteiger partial charge on any atom is 0.226 e. The molecule has 1 saturated carbocycles. The molecule has 1 aromatic carbocycles. The molecule has 1 aliphatic carbocycles. The molecule has 1 heterocycles. The molecule has 3 atom stereocenters. The molecule has 3 rings (SSSR count). The Hall–Kier alpha value is -1.31. The van der Waals surface area contributed by atoms with Gasteiger partial charge in [-0.2, -0.15) is 0 Å². The summed E-state index contributed by atoms with van der Waals surface area (Å²) >= 11 is 0. The Morgan fingerprint density at radius 1 is 1.18 bits per heavy atom. The minimum absolute atomic E-state index is 0.294. The highest BCUT2D eigenvalue weighted by atomic mass is 16.2. The molecule has 0 bridgehead atoms. The standard InChI is InChI=1S/C15H19NO/c1-16-14(11-6-3-2-4-7-11)10-12-8-5-9-13(12)15(16)17/h2-4,6-7,12-14H,5,8-10H2,1H3/t12-,13-,14-/m1/s1. The third-order valence-corrected chi connectivity index (χ3v) is 4.50. The molecular weight excluding hydrogens is 210 g/mol. The van der Waals surface area contributed by atoms with Crippen molar-refractivity contribution in [1.82, 2.24) is 4.90 Å². The van der Waals surface area contributed by atoms with E-state index >= 15 is 0 Å². The lowest BCUT2D eigenvalue weighted by Crippen LogP contribution is -2.43. The van der Waals surface area contributed by atoms with Crippen molar-refractivity contribution >= 4 is 5.91 Å². The van der Waals surface area contributed by atoms with Crippen LogP contribution in [0.2, 0.25) is 0 Å². The van der Waals surface area contributed by atoms with E-state index in [1.807, 2.05) is 18.0 Å². The zero-order chi connectivity index (χ0) is 11.8. The molecule has 0 unspecified atom stereocenters. The van der Waals surface area contributed by atoms with Gasteiger partial charge in [-0.15, -0.1) is 0 Å². The van der Waals surface area contributed by atoms with Crippen LogP contribution in [-0.2, 0) is 4.79 Å². The largest absolute Gasteiger partial charge is 0.338 e. The topological polar surface area (TPSA) is 20.3 Å². The van der Waals surface area contributed by atoms with Crippen molar-refractivity contribution in [3.63, 3.8) is 0 Å². The van der Waals surface area contributed by atoms with Crippen molar-refractivity contribution < 1.29 is 4.79 Å². The van der Waals surface area contributed by atoms with Crippen LogP contribution < -0.4 is 0 Å². The highest BCUT2D eigenvalue weighted by Crippen LogP contribution is 2.44. The summed E-state index contributed by atoms with van der Waals surface area (Å²) in [5, 5.41) is 0. The van der Waals surface area contributed by atoms with Gasteiger partial charge in [-0.1, -0.05) is 36.8 Å². The Morgan fingerprint density at radius 3 is 2.71 bits per heavy atom. The number of carbonyl (C=O) groups excluding carboxylic acids is 1. The minimum Gasteiger partial charge on any atom is -0.338 e. The Kier molecular flexibility index (Phi) is 2.65. The van der Waals surface area contributed by atoms with Crippen molar-refractivity contribution in [3.05, 3.63) is 35.9 Å². The Labute approximate surface area is 103 Å². The van der Waals surface area contributed by atoms with Crippen LogP contribution in [0.25, 0.3) is 0 Å². The van der Waals surface area contributed by atoms with Crippen molar-refractivity contribution in [1.29, 1.82) is 0 Å². The van der Waals surface area contributed by atoms with E-state index in [2.05, 4.69) is 24.3 Å². The van der Waals surface area contributed by atoms with Gasteiger partial charge in [0.2, 0.25) is 5.91 Å². The lowest BCUT2D eigenvalue weighted by molar-refractivity contribution is -0.142. The summed E-state index contributed by atoms with van der Waals surface area (Å²) < 4.78 is 0. The van der Waals surface area contributed by atoms with E-state index in [-0.39, 0.29) is 0 Å². The van der Waals surface area contributed by atoms with E-state index in [4.69, 9.17) is 0 Å². The number of carbonyl (C=O) groups is 1. The summed E-state index contributed by atoms with van der Waals surface area (Å²) in [6, 6.07) is 10.7. The van der Waals surface area contributed by atoms with Crippen LogP contribution in [0.3, 0.4) is 0 Å². The third kappa shape index (κ3) is 1.76. The van der Waals surface area contributed by atoms with Gasteiger partial charge in [0.05, 0.1) is 6.04 Å². The first-order valence-electron chi connectivity index (χ1n) is 6.59. The van der Waals surface area contributed by atoms with Gasteiger partial charge in [0.15, 0.2) is 0 Å². The van der Waals surface area contributed by atoms with Crippen LogP contribution in [0, 0.1) is 11.8 Å². The van der Waals surface area contributed by atoms with E-state index in [0.29, 0.717) is 23.8 Å². The number of hydrogen-bond acceptors (Lipinski definition) is 1. The summed E-state index contributed by atoms with van der Waals surface area (Å²) in [5.74, 6) is 1.32. The number of nitrogens with zero attached hydrogens (tertiary/aromatic N) is 1. The fourth-order valence-electron chi connectivity index (χ4n) is 3.54. The zero-order valence-corrected chi connectivity index (χ0v) is 10.3. The van der Waals surface area contributed by atoms with Crippen LogP contribution in [0.1, 0.15) is 37.3 Å². The van der Waals surface area contributed by atoms with Crippen LogP contribution >= 0.6 is 0 Å². The molecule has 1 aromatic rings. The maximum atomic E-state index is 12.3. The molecule has 1 amide bonds. The average molecular weight is 229 g/mol. The lowest BCUT2D eigenvalue weighted by Gasteiger charge is -2.39. The predicted molar refractivity (Wildman–Crippen MR) is 67.4 cm³/mol. The van der Waals surface area contributed by atoms with Crippen LogP contribution in [0.5, 0.6) is 0 Å². The number of piperidine rings is 1. The Balaban J connectivity index is 1.89. The van der Waals surface area contributed by atoms with Crippen molar-refractivity contribution in [3.8, 4) is 0 Å². The van der Waals surface area contributed by atoms with Gasteiger partial charge in [-0.05, 0) is 30.7 Å². The van der Waals surface area contributed by atoms with Gasteiger partial charge in [0, 0.05) is 13.0 Å². The van der Waals surface area contributed by atoms with E-state index in [1.54, 1.807) is 0 Å². The van der Waals surface area contributed by atoms with Crippen molar-refractivity contribution in [2.24, 2.45) is 11.8 Å². The molecule has 1 aliphatic heterocycles. The fourth-order valence-corrected chi connectivity index (χ4v) is 3.54. The Morgan fingerprint density at radius 2 is 1.94 bits per heavy atom. The number of hydrogen-bond donors (Lipinski definition) is 0. The summed E-state index contributed by atoms with van der Waals surface area (Å²) in [4.78, 5) is 14.3. The first kappa shape index (κ1) is 10.8. The number of likely N-dealkylation sites (tertiary alicyclic amines) is 1. The highest BCUT2D eigenvalue weighted by molar-refractivity contribution is 5.80. The van der Waals surface area contributed by atoms with E-state index < -0.39 is 0 Å². The smallest absolute Gasteiger partial charge is 0.226 e. The SMILES string of the molecule is CN1C(=O)[C@@H]2CCC[C@@H]2C[C@@H]1c1ccccc1. The first-order valence-corrected chi connectivity index (χ1v) is 6.59. The molecule has 0 spiro atoms. The maximum absolute atomic E-state index is 12.3.